The topological polar surface area (TPSA) is 49.4 Å². The lowest BCUT2D eigenvalue weighted by atomic mass is 10.0. The number of piperazine rings is 1. The molecule has 21 heavy (non-hydrogen) atoms. The van der Waals surface area contributed by atoms with Gasteiger partial charge in [-0.3, -0.25) is 14.5 Å². The lowest BCUT2D eigenvalue weighted by molar-refractivity contribution is -0.134. The minimum Gasteiger partial charge on any atom is -0.342 e. The molecule has 1 aromatic carbocycles. The zero-order chi connectivity index (χ0) is 15.3. The largest absolute Gasteiger partial charge is 0.342 e. The van der Waals surface area contributed by atoms with Crippen LogP contribution in [-0.4, -0.2) is 23.9 Å². The molecule has 2 atom stereocenters. The van der Waals surface area contributed by atoms with E-state index in [1.54, 1.807) is 0 Å². The molecule has 0 spiro atoms. The van der Waals surface area contributed by atoms with Crippen LogP contribution in [-0.2, 0) is 9.59 Å². The Bertz CT molecular complexity index is 634. The molecule has 1 saturated carbocycles. The molecule has 0 radical (unpaired) electrons. The van der Waals surface area contributed by atoms with Crippen molar-refractivity contribution in [2.24, 2.45) is 5.92 Å². The highest BCUT2D eigenvalue weighted by atomic mass is 79.9. The summed E-state index contributed by atoms with van der Waals surface area (Å²) < 4.78 is 27.8. The Hall–Kier alpha value is -1.50. The third kappa shape index (κ3) is 2.43. The van der Waals surface area contributed by atoms with Crippen LogP contribution in [0.2, 0.25) is 0 Å². The summed E-state index contributed by atoms with van der Waals surface area (Å²) >= 11 is 2.89. The molecule has 4 nitrogen and oxygen atoms in total. The Morgan fingerprint density at radius 3 is 2.52 bits per heavy atom. The number of carbonyl (C=O) groups excluding carboxylic acids is 2. The van der Waals surface area contributed by atoms with Crippen molar-refractivity contribution in [1.29, 1.82) is 0 Å². The van der Waals surface area contributed by atoms with Crippen LogP contribution in [0.15, 0.2) is 16.6 Å². The first-order chi connectivity index (χ1) is 9.90. The van der Waals surface area contributed by atoms with Crippen LogP contribution < -0.4 is 10.2 Å². The summed E-state index contributed by atoms with van der Waals surface area (Å²) in [4.78, 5) is 25.6. The molecule has 2 amide bonds. The summed E-state index contributed by atoms with van der Waals surface area (Å²) in [6, 6.07) is 0.391. The minimum atomic E-state index is -0.873. The van der Waals surface area contributed by atoms with Gasteiger partial charge in [0.2, 0.25) is 5.91 Å². The normalized spacial score (nSPS) is 26.0. The predicted octanol–water partition coefficient (Wildman–Crippen LogP) is 2.36. The van der Waals surface area contributed by atoms with Crippen molar-refractivity contribution in [2.45, 2.75) is 31.8 Å². The van der Waals surface area contributed by atoms with Crippen molar-refractivity contribution in [3.05, 3.63) is 28.2 Å². The van der Waals surface area contributed by atoms with Crippen LogP contribution in [0.4, 0.5) is 14.5 Å². The van der Waals surface area contributed by atoms with Crippen LogP contribution in [0.3, 0.4) is 0 Å². The van der Waals surface area contributed by atoms with Gasteiger partial charge in [0.1, 0.15) is 23.7 Å². The van der Waals surface area contributed by atoms with Gasteiger partial charge in [-0.15, -0.1) is 0 Å². The minimum absolute atomic E-state index is 0.0240. The highest BCUT2D eigenvalue weighted by Crippen LogP contribution is 2.37. The molecule has 0 aromatic heterocycles. The first-order valence-corrected chi connectivity index (χ1v) is 7.47. The third-order valence-electron chi connectivity index (χ3n) is 3.91. The van der Waals surface area contributed by atoms with E-state index in [0.717, 1.165) is 29.9 Å². The molecule has 7 heteroatoms. The van der Waals surface area contributed by atoms with Gasteiger partial charge in [-0.05, 0) is 47.7 Å². The molecule has 2 fully saturated rings. The van der Waals surface area contributed by atoms with Crippen molar-refractivity contribution >= 4 is 33.4 Å². The number of halogens is 3. The van der Waals surface area contributed by atoms with Crippen molar-refractivity contribution in [3.8, 4) is 0 Å². The quantitative estimate of drug-likeness (QED) is 0.825. The van der Waals surface area contributed by atoms with Gasteiger partial charge in [-0.2, -0.15) is 0 Å². The number of benzene rings is 1. The van der Waals surface area contributed by atoms with E-state index in [4.69, 9.17) is 0 Å². The molecule has 112 valence electrons. The number of hydrogen-bond donors (Lipinski definition) is 1. The first-order valence-electron chi connectivity index (χ1n) is 6.68. The Balaban J connectivity index is 2.03. The summed E-state index contributed by atoms with van der Waals surface area (Å²) in [5.74, 6) is -2.06. The van der Waals surface area contributed by atoms with Gasteiger partial charge in [-0.25, -0.2) is 8.78 Å². The molecular formula is C14H13BrF2N2O2. The summed E-state index contributed by atoms with van der Waals surface area (Å²) in [7, 11) is 0. The summed E-state index contributed by atoms with van der Waals surface area (Å²) in [6.07, 6.45) is 1.71. The predicted molar refractivity (Wildman–Crippen MR) is 75.7 cm³/mol. The van der Waals surface area contributed by atoms with Gasteiger partial charge in [0.05, 0.1) is 10.2 Å². The Kier molecular flexibility index (Phi) is 3.47. The van der Waals surface area contributed by atoms with Crippen LogP contribution in [0, 0.1) is 17.6 Å². The number of carbonyl (C=O) groups is 2. The van der Waals surface area contributed by atoms with Crippen LogP contribution in [0.25, 0.3) is 0 Å². The van der Waals surface area contributed by atoms with E-state index in [-0.39, 0.29) is 27.9 Å². The van der Waals surface area contributed by atoms with Crippen LogP contribution >= 0.6 is 15.9 Å². The highest BCUT2D eigenvalue weighted by molar-refractivity contribution is 9.10. The Morgan fingerprint density at radius 1 is 1.24 bits per heavy atom. The average Bonchev–Trinajstić information content (AvgIpc) is 3.24. The first kappa shape index (κ1) is 14.4. The molecule has 1 aliphatic heterocycles. The highest BCUT2D eigenvalue weighted by Gasteiger charge is 2.46. The van der Waals surface area contributed by atoms with Gasteiger partial charge in [0.15, 0.2) is 0 Å². The summed E-state index contributed by atoms with van der Waals surface area (Å²) in [5.41, 5.74) is -0.200. The summed E-state index contributed by atoms with van der Waals surface area (Å²) in [5, 5.41) is 2.67. The van der Waals surface area contributed by atoms with E-state index in [1.165, 1.54) is 6.92 Å². The molecule has 3 rings (SSSR count). The van der Waals surface area contributed by atoms with Crippen LogP contribution in [0.5, 0.6) is 0 Å². The SMILES string of the molecule is CC1C(=O)NC(C2CC2)C(=O)N1c1cc(F)c(Br)cc1F. The zero-order valence-corrected chi connectivity index (χ0v) is 12.8. The Labute approximate surface area is 128 Å². The molecule has 1 aromatic rings. The number of rotatable bonds is 2. The van der Waals surface area contributed by atoms with Crippen molar-refractivity contribution in [3.63, 3.8) is 0 Å². The van der Waals surface area contributed by atoms with Gasteiger partial charge in [-0.1, -0.05) is 0 Å². The van der Waals surface area contributed by atoms with E-state index < -0.39 is 23.7 Å². The standard InChI is InChI=1S/C14H13BrF2N2O2/c1-6-13(20)18-12(7-2-3-7)14(21)19(6)11-5-9(16)8(15)4-10(11)17/h4-7,12H,2-3H2,1H3,(H,18,20). The van der Waals surface area contributed by atoms with E-state index >= 15 is 0 Å². The molecule has 2 unspecified atom stereocenters. The van der Waals surface area contributed by atoms with E-state index in [2.05, 4.69) is 21.2 Å². The molecule has 1 N–H and O–H groups in total. The van der Waals surface area contributed by atoms with E-state index in [1.807, 2.05) is 0 Å². The monoisotopic (exact) mass is 358 g/mol. The van der Waals surface area contributed by atoms with E-state index in [0.29, 0.717) is 0 Å². The maximum Gasteiger partial charge on any atom is 0.250 e. The summed E-state index contributed by atoms with van der Waals surface area (Å²) in [6.45, 7) is 1.50. The van der Waals surface area contributed by atoms with Crippen molar-refractivity contribution < 1.29 is 18.4 Å². The van der Waals surface area contributed by atoms with Crippen molar-refractivity contribution in [2.75, 3.05) is 4.90 Å². The average molecular weight is 359 g/mol. The number of hydrogen-bond acceptors (Lipinski definition) is 2. The second-order valence-electron chi connectivity index (χ2n) is 5.43. The fraction of sp³-hybridized carbons (Fsp3) is 0.429. The van der Waals surface area contributed by atoms with Gasteiger partial charge < -0.3 is 5.32 Å². The zero-order valence-electron chi connectivity index (χ0n) is 11.2. The number of nitrogens with zero attached hydrogens (tertiary/aromatic N) is 1. The van der Waals surface area contributed by atoms with Gasteiger partial charge in [0, 0.05) is 6.07 Å². The Morgan fingerprint density at radius 2 is 1.90 bits per heavy atom. The molecule has 1 saturated heterocycles. The maximum absolute atomic E-state index is 14.1. The lowest BCUT2D eigenvalue weighted by Gasteiger charge is -2.37. The second kappa shape index (κ2) is 5.05. The maximum atomic E-state index is 14.1. The lowest BCUT2D eigenvalue weighted by Crippen LogP contribution is -2.63. The molecule has 1 aliphatic carbocycles. The molecular weight excluding hydrogens is 346 g/mol. The second-order valence-corrected chi connectivity index (χ2v) is 6.28. The number of anilines is 1. The fourth-order valence-electron chi connectivity index (χ4n) is 2.57. The smallest absolute Gasteiger partial charge is 0.250 e. The van der Waals surface area contributed by atoms with Gasteiger partial charge in [0.25, 0.3) is 5.91 Å². The molecule has 2 aliphatic rings. The van der Waals surface area contributed by atoms with Gasteiger partial charge >= 0.3 is 0 Å². The fourth-order valence-corrected chi connectivity index (χ4v) is 2.88. The van der Waals surface area contributed by atoms with E-state index in [9.17, 15) is 18.4 Å². The number of amides is 2. The molecule has 1 heterocycles. The third-order valence-corrected chi connectivity index (χ3v) is 4.52. The number of nitrogens with one attached hydrogen (secondary N) is 1. The molecule has 0 bridgehead atoms. The van der Waals surface area contributed by atoms with Crippen LogP contribution in [0.1, 0.15) is 19.8 Å². The van der Waals surface area contributed by atoms with Crippen molar-refractivity contribution in [1.82, 2.24) is 5.32 Å².